The van der Waals surface area contributed by atoms with Crippen molar-refractivity contribution >= 4 is 38.8 Å². The van der Waals surface area contributed by atoms with Gasteiger partial charge >= 0.3 is 6.18 Å². The maximum absolute atomic E-state index is 13.0. The van der Waals surface area contributed by atoms with Crippen molar-refractivity contribution in [1.29, 1.82) is 0 Å². The number of aromatic amines is 1. The molecule has 0 aliphatic rings. The van der Waals surface area contributed by atoms with Crippen LogP contribution in [0.25, 0.3) is 10.2 Å². The van der Waals surface area contributed by atoms with E-state index in [0.717, 1.165) is 28.5 Å². The van der Waals surface area contributed by atoms with Crippen LogP contribution in [0.3, 0.4) is 0 Å². The van der Waals surface area contributed by atoms with Gasteiger partial charge in [0.05, 0.1) is 11.1 Å². The molecular weight excluding hydrogens is 363 g/mol. The van der Waals surface area contributed by atoms with Gasteiger partial charge in [-0.2, -0.15) is 18.2 Å². The van der Waals surface area contributed by atoms with Gasteiger partial charge in [0.25, 0.3) is 16.4 Å². The highest BCUT2D eigenvalue weighted by molar-refractivity contribution is 7.20. The molecule has 4 nitrogen and oxygen atoms in total. The second-order valence-electron chi connectivity index (χ2n) is 6.19. The van der Waals surface area contributed by atoms with Gasteiger partial charge in [0.1, 0.15) is 4.88 Å². The fourth-order valence-corrected chi connectivity index (χ4v) is 3.84. The van der Waals surface area contributed by atoms with E-state index in [9.17, 15) is 18.0 Å². The maximum atomic E-state index is 13.0. The lowest BCUT2D eigenvalue weighted by Crippen LogP contribution is -2.21. The lowest BCUT2D eigenvalue weighted by molar-refractivity contribution is -0.396. The van der Waals surface area contributed by atoms with Gasteiger partial charge in [-0.3, -0.25) is 4.79 Å². The van der Waals surface area contributed by atoms with Gasteiger partial charge in [-0.15, -0.1) is 0 Å². The third-order valence-corrected chi connectivity index (χ3v) is 5.22. The van der Waals surface area contributed by atoms with Gasteiger partial charge in [-0.25, -0.2) is 0 Å². The zero-order valence-corrected chi connectivity index (χ0v) is 15.2. The molecule has 0 radical (unpaired) electrons. The summed E-state index contributed by atoms with van der Waals surface area (Å²) in [5.41, 5.74) is 8.25. The summed E-state index contributed by atoms with van der Waals surface area (Å²) in [5.74, 6) is -0.446. The Morgan fingerprint density at radius 2 is 1.85 bits per heavy atom. The molecule has 1 aromatic carbocycles. The highest BCUT2D eigenvalue weighted by Crippen LogP contribution is 2.36. The van der Waals surface area contributed by atoms with E-state index < -0.39 is 17.8 Å². The summed E-state index contributed by atoms with van der Waals surface area (Å²) < 4.78 is 39.0. The van der Waals surface area contributed by atoms with E-state index in [4.69, 9.17) is 5.73 Å². The van der Waals surface area contributed by atoms with E-state index in [0.29, 0.717) is 16.6 Å². The Morgan fingerprint density at radius 1 is 1.15 bits per heavy atom. The number of nitrogens with two attached hydrogens (primary N) is 1. The zero-order chi connectivity index (χ0) is 19.2. The standard InChI is InChI=1S/C18H16F3N3OS/c1-8-4-5-9(2)11(6-8)23-16(25)15-14(22)13-10(3)7-12(18(19,20)21)24-17(13)26-15/h4-7H,22H2,1-3H3,(H,23,25)/p+1. The number of anilines is 2. The first-order valence-electron chi connectivity index (χ1n) is 7.78. The number of aryl methyl sites for hydroxylation is 3. The SMILES string of the molecule is Cc1ccc(C)c(NC(=O)c2sc3[nH+]c(C(F)(F)F)cc(C)c3c2N)c1. The first kappa shape index (κ1) is 18.2. The van der Waals surface area contributed by atoms with Gasteiger partial charge in [-0.1, -0.05) is 23.5 Å². The van der Waals surface area contributed by atoms with Crippen molar-refractivity contribution in [3.05, 3.63) is 51.5 Å². The lowest BCUT2D eigenvalue weighted by Gasteiger charge is -2.08. The van der Waals surface area contributed by atoms with Crippen LogP contribution in [-0.2, 0) is 6.18 Å². The third kappa shape index (κ3) is 3.24. The second kappa shape index (κ2) is 6.28. The second-order valence-corrected chi connectivity index (χ2v) is 7.21. The summed E-state index contributed by atoms with van der Waals surface area (Å²) in [6.07, 6.45) is -4.50. The Labute approximate surface area is 151 Å². The van der Waals surface area contributed by atoms with Crippen LogP contribution >= 0.6 is 11.3 Å². The molecular formula is C18H17F3N3OS+. The Hall–Kier alpha value is -2.61. The number of halogens is 3. The van der Waals surface area contributed by atoms with Crippen LogP contribution in [0.15, 0.2) is 24.3 Å². The first-order chi connectivity index (χ1) is 12.1. The molecule has 8 heteroatoms. The molecule has 0 saturated carbocycles. The molecule has 0 unspecified atom stereocenters. The monoisotopic (exact) mass is 380 g/mol. The van der Waals surface area contributed by atoms with Crippen molar-refractivity contribution in [2.75, 3.05) is 11.1 Å². The molecule has 3 aromatic rings. The number of nitrogen functional groups attached to an aromatic ring is 1. The summed E-state index contributed by atoms with van der Waals surface area (Å²) in [5, 5.41) is 3.23. The molecule has 3 rings (SSSR count). The van der Waals surface area contributed by atoms with E-state index in [1.807, 2.05) is 32.0 Å². The predicted molar refractivity (Wildman–Crippen MR) is 96.4 cm³/mol. The largest absolute Gasteiger partial charge is 0.477 e. The van der Waals surface area contributed by atoms with Crippen LogP contribution in [0, 0.1) is 20.8 Å². The van der Waals surface area contributed by atoms with E-state index >= 15 is 0 Å². The van der Waals surface area contributed by atoms with Crippen molar-refractivity contribution in [1.82, 2.24) is 0 Å². The van der Waals surface area contributed by atoms with E-state index in [-0.39, 0.29) is 15.4 Å². The number of pyridine rings is 1. The summed E-state index contributed by atoms with van der Waals surface area (Å²) in [4.78, 5) is 15.4. The van der Waals surface area contributed by atoms with Gasteiger partial charge < -0.3 is 11.1 Å². The number of alkyl halides is 3. The number of rotatable bonds is 2. The maximum Gasteiger partial charge on any atom is 0.477 e. The van der Waals surface area contributed by atoms with Crippen LogP contribution in [-0.4, -0.2) is 5.91 Å². The van der Waals surface area contributed by atoms with E-state index in [1.165, 1.54) is 0 Å². The Kier molecular flexibility index (Phi) is 4.39. The molecule has 0 spiro atoms. The van der Waals surface area contributed by atoms with Gasteiger partial charge in [-0.05, 0) is 43.5 Å². The molecule has 0 aliphatic heterocycles. The molecule has 0 fully saturated rings. The number of thiophene rings is 1. The van der Waals surface area contributed by atoms with Gasteiger partial charge in [0, 0.05) is 11.8 Å². The van der Waals surface area contributed by atoms with Gasteiger partial charge in [0.15, 0.2) is 0 Å². The number of nitrogens with one attached hydrogen (secondary N) is 2. The number of fused-ring (bicyclic) bond motifs is 1. The summed E-state index contributed by atoms with van der Waals surface area (Å²) in [7, 11) is 0. The third-order valence-electron chi connectivity index (χ3n) is 4.10. The number of amides is 1. The zero-order valence-electron chi connectivity index (χ0n) is 14.3. The van der Waals surface area contributed by atoms with Crippen LogP contribution in [0.2, 0.25) is 0 Å². The van der Waals surface area contributed by atoms with Crippen LogP contribution < -0.4 is 16.0 Å². The minimum absolute atomic E-state index is 0.176. The molecule has 26 heavy (non-hydrogen) atoms. The molecule has 1 amide bonds. The van der Waals surface area contributed by atoms with Crippen molar-refractivity contribution in [3.8, 4) is 0 Å². The van der Waals surface area contributed by atoms with Crippen LogP contribution in [0.5, 0.6) is 0 Å². The molecule has 0 bridgehead atoms. The minimum Gasteiger partial charge on any atom is -0.397 e. The topological polar surface area (TPSA) is 69.3 Å². The number of hydrogen-bond donors (Lipinski definition) is 2. The number of carbonyl (C=O) groups is 1. The number of aromatic nitrogens is 1. The normalized spacial score (nSPS) is 11.8. The molecule has 4 N–H and O–H groups in total. The number of benzene rings is 1. The highest BCUT2D eigenvalue weighted by atomic mass is 32.1. The smallest absolute Gasteiger partial charge is 0.397 e. The molecule has 2 aromatic heterocycles. The first-order valence-corrected chi connectivity index (χ1v) is 8.60. The van der Waals surface area contributed by atoms with Crippen LogP contribution in [0.1, 0.15) is 32.1 Å². The Balaban J connectivity index is 2.05. The average Bonchev–Trinajstić information content (AvgIpc) is 2.87. The Bertz CT molecular complexity index is 1020. The fourth-order valence-electron chi connectivity index (χ4n) is 2.74. The molecule has 0 saturated heterocycles. The number of hydrogen-bond acceptors (Lipinski definition) is 3. The van der Waals surface area contributed by atoms with Gasteiger partial charge in [0.2, 0.25) is 0 Å². The molecule has 2 heterocycles. The highest BCUT2D eigenvalue weighted by Gasteiger charge is 2.39. The molecule has 136 valence electrons. The summed E-state index contributed by atoms with van der Waals surface area (Å²) >= 11 is 0.913. The molecule has 0 atom stereocenters. The summed E-state index contributed by atoms with van der Waals surface area (Å²) in [6.45, 7) is 5.30. The Morgan fingerprint density at radius 3 is 2.50 bits per heavy atom. The van der Waals surface area contributed by atoms with Crippen molar-refractivity contribution in [3.63, 3.8) is 0 Å². The summed E-state index contributed by atoms with van der Waals surface area (Å²) in [6, 6.07) is 6.64. The number of H-pyrrole nitrogens is 1. The van der Waals surface area contributed by atoms with Crippen molar-refractivity contribution in [2.45, 2.75) is 26.9 Å². The molecule has 0 aliphatic carbocycles. The van der Waals surface area contributed by atoms with E-state index in [2.05, 4.69) is 10.3 Å². The average molecular weight is 380 g/mol. The lowest BCUT2D eigenvalue weighted by atomic mass is 10.1. The minimum atomic E-state index is -4.50. The predicted octanol–water partition coefficient (Wildman–Crippen LogP) is 4.49. The van der Waals surface area contributed by atoms with E-state index in [1.54, 1.807) is 6.92 Å². The number of carbonyl (C=O) groups excluding carboxylic acids is 1. The van der Waals surface area contributed by atoms with Crippen LogP contribution in [0.4, 0.5) is 24.5 Å². The fraction of sp³-hybridized carbons (Fsp3) is 0.222. The quantitative estimate of drug-likeness (QED) is 0.688. The van der Waals surface area contributed by atoms with Crippen molar-refractivity contribution < 1.29 is 22.9 Å². The van der Waals surface area contributed by atoms with Crippen molar-refractivity contribution in [2.24, 2.45) is 0 Å².